The lowest BCUT2D eigenvalue weighted by molar-refractivity contribution is 0.0972. The maximum Gasteiger partial charge on any atom is 0.164 e. The standard InChI is InChI=1S/C11H10FNO/c1-8(7-13)5-11(14)9-3-2-4-10(12)6-9/h2-4,6,8H,5H2,1H3. The molecule has 1 atom stereocenters. The van der Waals surface area contributed by atoms with Crippen LogP contribution >= 0.6 is 0 Å². The lowest BCUT2D eigenvalue weighted by Gasteiger charge is -2.01. The molecule has 2 nitrogen and oxygen atoms in total. The van der Waals surface area contributed by atoms with E-state index in [0.29, 0.717) is 5.56 Å². The molecule has 72 valence electrons. The lowest BCUT2D eigenvalue weighted by Crippen LogP contribution is -2.04. The summed E-state index contributed by atoms with van der Waals surface area (Å²) in [7, 11) is 0. The highest BCUT2D eigenvalue weighted by Gasteiger charge is 2.10. The predicted octanol–water partition coefficient (Wildman–Crippen LogP) is 2.56. The van der Waals surface area contributed by atoms with Gasteiger partial charge in [-0.15, -0.1) is 0 Å². The fraction of sp³-hybridized carbons (Fsp3) is 0.273. The zero-order valence-electron chi connectivity index (χ0n) is 7.83. The molecule has 1 rings (SSSR count). The molecule has 1 aromatic carbocycles. The van der Waals surface area contributed by atoms with E-state index in [4.69, 9.17) is 5.26 Å². The van der Waals surface area contributed by atoms with Crippen molar-refractivity contribution in [3.63, 3.8) is 0 Å². The molecule has 1 unspecified atom stereocenters. The van der Waals surface area contributed by atoms with Crippen molar-refractivity contribution >= 4 is 5.78 Å². The van der Waals surface area contributed by atoms with E-state index in [-0.39, 0.29) is 18.1 Å². The number of benzene rings is 1. The minimum absolute atomic E-state index is 0.139. The topological polar surface area (TPSA) is 40.9 Å². The van der Waals surface area contributed by atoms with E-state index in [1.165, 1.54) is 18.2 Å². The molecule has 0 aliphatic carbocycles. The molecule has 0 N–H and O–H groups in total. The average molecular weight is 191 g/mol. The molecule has 0 saturated carbocycles. The summed E-state index contributed by atoms with van der Waals surface area (Å²) in [6.45, 7) is 1.66. The number of nitriles is 1. The molecular weight excluding hydrogens is 181 g/mol. The molecule has 0 radical (unpaired) electrons. The molecule has 0 aliphatic heterocycles. The maximum atomic E-state index is 12.7. The highest BCUT2D eigenvalue weighted by Crippen LogP contribution is 2.10. The first-order chi connectivity index (χ1) is 6.63. The van der Waals surface area contributed by atoms with Crippen molar-refractivity contribution in [1.29, 1.82) is 5.26 Å². The molecule has 0 bridgehead atoms. The minimum atomic E-state index is -0.430. The Morgan fingerprint density at radius 1 is 1.64 bits per heavy atom. The zero-order valence-corrected chi connectivity index (χ0v) is 7.83. The van der Waals surface area contributed by atoms with E-state index < -0.39 is 5.82 Å². The Bertz CT molecular complexity index is 381. The lowest BCUT2D eigenvalue weighted by atomic mass is 10.0. The number of rotatable bonds is 3. The Morgan fingerprint density at radius 2 is 2.36 bits per heavy atom. The van der Waals surface area contributed by atoms with Crippen LogP contribution in [0.1, 0.15) is 23.7 Å². The smallest absolute Gasteiger partial charge is 0.164 e. The monoisotopic (exact) mass is 191 g/mol. The number of carbonyl (C=O) groups is 1. The summed E-state index contributed by atoms with van der Waals surface area (Å²) >= 11 is 0. The van der Waals surface area contributed by atoms with E-state index in [2.05, 4.69) is 0 Å². The Morgan fingerprint density at radius 3 is 2.93 bits per heavy atom. The quantitative estimate of drug-likeness (QED) is 0.689. The van der Waals surface area contributed by atoms with Gasteiger partial charge in [0.1, 0.15) is 5.82 Å². The molecule has 0 saturated heterocycles. The van der Waals surface area contributed by atoms with Crippen molar-refractivity contribution in [1.82, 2.24) is 0 Å². The van der Waals surface area contributed by atoms with E-state index in [0.717, 1.165) is 0 Å². The number of hydrogen-bond acceptors (Lipinski definition) is 2. The van der Waals surface area contributed by atoms with Crippen LogP contribution in [0.4, 0.5) is 4.39 Å². The number of Topliss-reactive ketones (excluding diaryl/α,β-unsaturated/α-hetero) is 1. The summed E-state index contributed by atoms with van der Waals surface area (Å²) in [5, 5.41) is 8.51. The Kier molecular flexibility index (Phi) is 3.35. The van der Waals surface area contributed by atoms with Crippen LogP contribution in [0.3, 0.4) is 0 Å². The summed E-state index contributed by atoms with van der Waals surface area (Å²) in [6, 6.07) is 7.47. The van der Waals surface area contributed by atoms with Crippen LogP contribution in [0.25, 0.3) is 0 Å². The van der Waals surface area contributed by atoms with Crippen LogP contribution in [-0.2, 0) is 0 Å². The fourth-order valence-electron chi connectivity index (χ4n) is 1.10. The minimum Gasteiger partial charge on any atom is -0.294 e. The molecule has 1 aromatic rings. The largest absolute Gasteiger partial charge is 0.294 e. The molecule has 14 heavy (non-hydrogen) atoms. The van der Waals surface area contributed by atoms with Gasteiger partial charge in [0.15, 0.2) is 5.78 Å². The second-order valence-corrected chi connectivity index (χ2v) is 3.17. The fourth-order valence-corrected chi connectivity index (χ4v) is 1.10. The van der Waals surface area contributed by atoms with Crippen molar-refractivity contribution in [3.05, 3.63) is 35.6 Å². The SMILES string of the molecule is CC(C#N)CC(=O)c1cccc(F)c1. The number of carbonyl (C=O) groups excluding carboxylic acids is 1. The molecule has 0 spiro atoms. The highest BCUT2D eigenvalue weighted by molar-refractivity contribution is 5.96. The van der Waals surface area contributed by atoms with Crippen molar-refractivity contribution < 1.29 is 9.18 Å². The van der Waals surface area contributed by atoms with E-state index in [1.54, 1.807) is 13.0 Å². The van der Waals surface area contributed by atoms with Gasteiger partial charge in [0.25, 0.3) is 0 Å². The molecular formula is C11H10FNO. The van der Waals surface area contributed by atoms with Gasteiger partial charge >= 0.3 is 0 Å². The average Bonchev–Trinajstić information content (AvgIpc) is 2.17. The van der Waals surface area contributed by atoms with E-state index in [1.807, 2.05) is 6.07 Å². The molecule has 0 fully saturated rings. The number of ketones is 1. The zero-order chi connectivity index (χ0) is 10.6. The van der Waals surface area contributed by atoms with Gasteiger partial charge in [-0.3, -0.25) is 4.79 Å². The van der Waals surface area contributed by atoms with Gasteiger partial charge in [0, 0.05) is 12.0 Å². The van der Waals surface area contributed by atoms with Crippen molar-refractivity contribution in [2.45, 2.75) is 13.3 Å². The first-order valence-electron chi connectivity index (χ1n) is 4.32. The van der Waals surface area contributed by atoms with Crippen LogP contribution in [0.5, 0.6) is 0 Å². The van der Waals surface area contributed by atoms with Gasteiger partial charge in [-0.25, -0.2) is 4.39 Å². The summed E-state index contributed by atoms with van der Waals surface area (Å²) in [5.74, 6) is -0.954. The number of halogens is 1. The van der Waals surface area contributed by atoms with Gasteiger partial charge < -0.3 is 0 Å². The second-order valence-electron chi connectivity index (χ2n) is 3.17. The van der Waals surface area contributed by atoms with Crippen LogP contribution in [-0.4, -0.2) is 5.78 Å². The highest BCUT2D eigenvalue weighted by atomic mass is 19.1. The molecule has 0 amide bonds. The molecule has 0 heterocycles. The third kappa shape index (κ3) is 2.67. The number of hydrogen-bond donors (Lipinski definition) is 0. The van der Waals surface area contributed by atoms with Gasteiger partial charge in [-0.05, 0) is 19.1 Å². The molecule has 0 aliphatic rings. The van der Waals surface area contributed by atoms with Crippen molar-refractivity contribution in [2.75, 3.05) is 0 Å². The Balaban J connectivity index is 2.76. The van der Waals surface area contributed by atoms with Crippen LogP contribution < -0.4 is 0 Å². The second kappa shape index (κ2) is 4.52. The van der Waals surface area contributed by atoms with Gasteiger partial charge in [-0.1, -0.05) is 12.1 Å². The molecule has 0 aromatic heterocycles. The van der Waals surface area contributed by atoms with Gasteiger partial charge in [0.2, 0.25) is 0 Å². The van der Waals surface area contributed by atoms with Crippen molar-refractivity contribution in [2.24, 2.45) is 5.92 Å². The Labute approximate surface area is 82.0 Å². The van der Waals surface area contributed by atoms with Gasteiger partial charge in [0.05, 0.1) is 12.0 Å². The van der Waals surface area contributed by atoms with Crippen LogP contribution in [0.15, 0.2) is 24.3 Å². The van der Waals surface area contributed by atoms with Gasteiger partial charge in [-0.2, -0.15) is 5.26 Å². The van der Waals surface area contributed by atoms with Crippen molar-refractivity contribution in [3.8, 4) is 6.07 Å². The summed E-state index contributed by atoms with van der Waals surface area (Å²) in [6.07, 6.45) is 0.139. The summed E-state index contributed by atoms with van der Waals surface area (Å²) in [5.41, 5.74) is 0.326. The molecule has 3 heteroatoms. The number of nitrogens with zero attached hydrogens (tertiary/aromatic N) is 1. The normalized spacial score (nSPS) is 11.8. The third-order valence-corrected chi connectivity index (χ3v) is 1.86. The predicted molar refractivity (Wildman–Crippen MR) is 50.1 cm³/mol. The van der Waals surface area contributed by atoms with E-state index in [9.17, 15) is 9.18 Å². The summed E-state index contributed by atoms with van der Waals surface area (Å²) < 4.78 is 12.7. The maximum absolute atomic E-state index is 12.7. The van der Waals surface area contributed by atoms with Crippen LogP contribution in [0, 0.1) is 23.1 Å². The third-order valence-electron chi connectivity index (χ3n) is 1.86. The van der Waals surface area contributed by atoms with E-state index >= 15 is 0 Å². The summed E-state index contributed by atoms with van der Waals surface area (Å²) in [4.78, 5) is 11.4. The Hall–Kier alpha value is -1.69. The first-order valence-corrected chi connectivity index (χ1v) is 4.32. The van der Waals surface area contributed by atoms with Crippen LogP contribution in [0.2, 0.25) is 0 Å². The first kappa shape index (κ1) is 10.4.